The van der Waals surface area contributed by atoms with Gasteiger partial charge in [-0.25, -0.2) is 4.68 Å². The number of halogens is 1. The molecule has 0 aliphatic carbocycles. The smallest absolute Gasteiger partial charge is 0.280 e. The van der Waals surface area contributed by atoms with Gasteiger partial charge in [0.1, 0.15) is 0 Å². The molecule has 6 nitrogen and oxygen atoms in total. The molecule has 7 heteroatoms. The van der Waals surface area contributed by atoms with E-state index in [9.17, 15) is 0 Å². The molecule has 2 aromatic heterocycles. The molecule has 130 valence electrons. The van der Waals surface area contributed by atoms with Crippen molar-refractivity contribution in [1.82, 2.24) is 25.1 Å². The second-order valence-corrected chi connectivity index (χ2v) is 6.46. The van der Waals surface area contributed by atoms with Crippen molar-refractivity contribution in [3.05, 3.63) is 64.3 Å². The Hall–Kier alpha value is -2.99. The molecular formula is C19H16ClN5O. The minimum absolute atomic E-state index is 0.340. The van der Waals surface area contributed by atoms with Crippen LogP contribution in [0.1, 0.15) is 16.8 Å². The molecule has 0 bridgehead atoms. The van der Waals surface area contributed by atoms with E-state index in [0.29, 0.717) is 22.4 Å². The lowest BCUT2D eigenvalue weighted by Crippen LogP contribution is -2.01. The fourth-order valence-electron chi connectivity index (χ4n) is 2.83. The monoisotopic (exact) mass is 365 g/mol. The van der Waals surface area contributed by atoms with Crippen LogP contribution in [-0.2, 0) is 0 Å². The van der Waals surface area contributed by atoms with Crippen LogP contribution in [0.2, 0.25) is 5.02 Å². The van der Waals surface area contributed by atoms with Crippen LogP contribution in [0.5, 0.6) is 0 Å². The second kappa shape index (κ2) is 6.38. The minimum Gasteiger partial charge on any atom is -0.332 e. The third kappa shape index (κ3) is 2.68. The predicted octanol–water partition coefficient (Wildman–Crippen LogP) is 4.56. The summed E-state index contributed by atoms with van der Waals surface area (Å²) < 4.78 is 7.17. The van der Waals surface area contributed by atoms with E-state index in [0.717, 1.165) is 28.1 Å². The summed E-state index contributed by atoms with van der Waals surface area (Å²) in [6.07, 6.45) is 0. The first-order valence-corrected chi connectivity index (χ1v) is 8.52. The number of aromatic nitrogens is 5. The van der Waals surface area contributed by atoms with Gasteiger partial charge in [0.05, 0.1) is 11.4 Å². The van der Waals surface area contributed by atoms with Gasteiger partial charge in [0.15, 0.2) is 5.69 Å². The summed E-state index contributed by atoms with van der Waals surface area (Å²) in [7, 11) is 0. The first-order chi connectivity index (χ1) is 12.6. The van der Waals surface area contributed by atoms with Gasteiger partial charge in [-0.3, -0.25) is 0 Å². The zero-order valence-electron chi connectivity index (χ0n) is 14.6. The Morgan fingerprint density at radius 3 is 2.62 bits per heavy atom. The van der Waals surface area contributed by atoms with Gasteiger partial charge in [-0.2, -0.15) is 4.98 Å². The van der Waals surface area contributed by atoms with Crippen LogP contribution in [-0.4, -0.2) is 25.1 Å². The Balaban J connectivity index is 1.76. The van der Waals surface area contributed by atoms with Gasteiger partial charge in [-0.15, -0.1) is 5.10 Å². The maximum Gasteiger partial charge on any atom is 0.280 e. The van der Waals surface area contributed by atoms with E-state index < -0.39 is 0 Å². The van der Waals surface area contributed by atoms with E-state index in [1.807, 2.05) is 63.2 Å². The van der Waals surface area contributed by atoms with Crippen molar-refractivity contribution >= 4 is 11.6 Å². The number of nitrogens with zero attached hydrogens (tertiary/aromatic N) is 5. The Morgan fingerprint density at radius 2 is 1.81 bits per heavy atom. The highest BCUT2D eigenvalue weighted by Gasteiger charge is 2.20. The van der Waals surface area contributed by atoms with Gasteiger partial charge >= 0.3 is 0 Å². The third-order valence-corrected chi connectivity index (χ3v) is 4.79. The maximum atomic E-state index is 6.22. The fraction of sp³-hybridized carbons (Fsp3) is 0.158. The maximum absolute atomic E-state index is 6.22. The largest absolute Gasteiger partial charge is 0.332 e. The van der Waals surface area contributed by atoms with E-state index in [1.165, 1.54) is 0 Å². The summed E-state index contributed by atoms with van der Waals surface area (Å²) in [4.78, 5) is 4.50. The van der Waals surface area contributed by atoms with Crippen molar-refractivity contribution in [2.75, 3.05) is 0 Å². The van der Waals surface area contributed by atoms with Crippen LogP contribution >= 0.6 is 11.6 Å². The highest BCUT2D eigenvalue weighted by Crippen LogP contribution is 2.28. The summed E-state index contributed by atoms with van der Waals surface area (Å²) in [5.41, 5.74) is 5.16. The minimum atomic E-state index is 0.340. The first-order valence-electron chi connectivity index (χ1n) is 8.14. The first kappa shape index (κ1) is 16.5. The SMILES string of the molecule is Cc1ccccc1-c1noc(-c2nnn(-c3cccc(Cl)c3C)c2C)n1. The molecule has 0 aliphatic heterocycles. The Bertz CT molecular complexity index is 1100. The van der Waals surface area contributed by atoms with Crippen LogP contribution in [0, 0.1) is 20.8 Å². The van der Waals surface area contributed by atoms with Gasteiger partial charge in [-0.1, -0.05) is 52.3 Å². The molecule has 4 rings (SSSR count). The summed E-state index contributed by atoms with van der Waals surface area (Å²) in [5.74, 6) is 0.873. The lowest BCUT2D eigenvalue weighted by atomic mass is 10.1. The lowest BCUT2D eigenvalue weighted by Gasteiger charge is -2.08. The van der Waals surface area contributed by atoms with E-state index in [1.54, 1.807) is 4.68 Å². The fourth-order valence-corrected chi connectivity index (χ4v) is 3.00. The molecule has 0 amide bonds. The van der Waals surface area contributed by atoms with Crippen molar-refractivity contribution in [1.29, 1.82) is 0 Å². The molecule has 0 aliphatic rings. The normalized spacial score (nSPS) is 11.1. The van der Waals surface area contributed by atoms with Crippen molar-refractivity contribution < 1.29 is 4.52 Å². The highest BCUT2D eigenvalue weighted by atomic mass is 35.5. The average molecular weight is 366 g/mol. The summed E-state index contributed by atoms with van der Waals surface area (Å²) in [6.45, 7) is 5.86. The van der Waals surface area contributed by atoms with E-state index in [4.69, 9.17) is 16.1 Å². The number of aryl methyl sites for hydroxylation is 1. The van der Waals surface area contributed by atoms with Gasteiger partial charge in [-0.05, 0) is 44.0 Å². The van der Waals surface area contributed by atoms with Crippen molar-refractivity contribution in [3.63, 3.8) is 0 Å². The summed E-state index contributed by atoms with van der Waals surface area (Å²) >= 11 is 6.22. The zero-order valence-corrected chi connectivity index (χ0v) is 15.3. The molecule has 0 saturated carbocycles. The molecule has 0 unspecified atom stereocenters. The van der Waals surface area contributed by atoms with Crippen LogP contribution < -0.4 is 0 Å². The summed E-state index contributed by atoms with van der Waals surface area (Å²) in [6, 6.07) is 13.6. The van der Waals surface area contributed by atoms with E-state index in [-0.39, 0.29) is 0 Å². The molecule has 2 heterocycles. The second-order valence-electron chi connectivity index (χ2n) is 6.06. The van der Waals surface area contributed by atoms with Crippen LogP contribution in [0.4, 0.5) is 0 Å². The molecular weight excluding hydrogens is 350 g/mol. The average Bonchev–Trinajstić information content (AvgIpc) is 3.25. The number of rotatable bonds is 3. The molecule has 26 heavy (non-hydrogen) atoms. The molecule has 2 aromatic carbocycles. The van der Waals surface area contributed by atoms with Crippen molar-refractivity contribution in [2.24, 2.45) is 0 Å². The zero-order chi connectivity index (χ0) is 18.3. The standard InChI is InChI=1S/C19H16ClN5O/c1-11-7-4-5-8-14(11)18-21-19(26-23-18)17-13(3)25(24-22-17)16-10-6-9-15(20)12(16)2/h4-10H,1-3H3. The molecule has 0 radical (unpaired) electrons. The molecule has 0 fully saturated rings. The van der Waals surface area contributed by atoms with Gasteiger partial charge in [0, 0.05) is 10.6 Å². The van der Waals surface area contributed by atoms with Crippen molar-refractivity contribution in [3.8, 4) is 28.7 Å². The molecule has 0 saturated heterocycles. The van der Waals surface area contributed by atoms with Gasteiger partial charge in [0.25, 0.3) is 5.89 Å². The summed E-state index contributed by atoms with van der Waals surface area (Å²) in [5, 5.41) is 13.3. The lowest BCUT2D eigenvalue weighted by molar-refractivity contribution is 0.430. The molecule has 0 atom stereocenters. The Morgan fingerprint density at radius 1 is 1.00 bits per heavy atom. The highest BCUT2D eigenvalue weighted by molar-refractivity contribution is 6.31. The third-order valence-electron chi connectivity index (χ3n) is 4.38. The van der Waals surface area contributed by atoms with Crippen LogP contribution in [0.3, 0.4) is 0 Å². The molecule has 0 spiro atoms. The topological polar surface area (TPSA) is 69.6 Å². The molecule has 0 N–H and O–H groups in total. The van der Waals surface area contributed by atoms with Crippen LogP contribution in [0.15, 0.2) is 47.0 Å². The number of hydrogen-bond donors (Lipinski definition) is 0. The number of hydrogen-bond acceptors (Lipinski definition) is 5. The van der Waals surface area contributed by atoms with Crippen molar-refractivity contribution in [2.45, 2.75) is 20.8 Å². The van der Waals surface area contributed by atoms with Crippen LogP contribution in [0.25, 0.3) is 28.7 Å². The van der Waals surface area contributed by atoms with Gasteiger partial charge < -0.3 is 4.52 Å². The Labute approximate surface area is 155 Å². The van der Waals surface area contributed by atoms with E-state index >= 15 is 0 Å². The quantitative estimate of drug-likeness (QED) is 0.532. The van der Waals surface area contributed by atoms with E-state index in [2.05, 4.69) is 20.5 Å². The number of benzene rings is 2. The Kier molecular flexibility index (Phi) is 4.05. The molecule has 4 aromatic rings. The predicted molar refractivity (Wildman–Crippen MR) is 99.3 cm³/mol. The van der Waals surface area contributed by atoms with Gasteiger partial charge in [0.2, 0.25) is 5.82 Å².